The first kappa shape index (κ1) is 23.2. The molecule has 0 unspecified atom stereocenters. The molecular formula is C25H27N5O4. The first-order valence-corrected chi connectivity index (χ1v) is 11.1. The summed E-state index contributed by atoms with van der Waals surface area (Å²) in [4.78, 5) is 21.6. The molecule has 9 heteroatoms. The summed E-state index contributed by atoms with van der Waals surface area (Å²) in [7, 11) is 1.62. The second kappa shape index (κ2) is 10.3. The van der Waals surface area contributed by atoms with Gasteiger partial charge < -0.3 is 19.1 Å². The molecule has 4 aromatic rings. The van der Waals surface area contributed by atoms with E-state index >= 15 is 0 Å². The first-order valence-electron chi connectivity index (χ1n) is 11.1. The second-order valence-electron chi connectivity index (χ2n) is 8.25. The Labute approximate surface area is 197 Å². The molecule has 0 radical (unpaired) electrons. The summed E-state index contributed by atoms with van der Waals surface area (Å²) in [6, 6.07) is 13.1. The van der Waals surface area contributed by atoms with E-state index in [1.165, 1.54) is 0 Å². The first-order chi connectivity index (χ1) is 16.4. The van der Waals surface area contributed by atoms with Crippen LogP contribution in [0.5, 0.6) is 5.75 Å². The molecule has 9 nitrogen and oxygen atoms in total. The fourth-order valence-electron chi connectivity index (χ4n) is 3.41. The summed E-state index contributed by atoms with van der Waals surface area (Å²) >= 11 is 0. The van der Waals surface area contributed by atoms with Crippen LogP contribution in [0.3, 0.4) is 0 Å². The van der Waals surface area contributed by atoms with E-state index in [-0.39, 0.29) is 11.8 Å². The van der Waals surface area contributed by atoms with Crippen LogP contribution in [-0.4, -0.2) is 33.3 Å². The Hall–Kier alpha value is -4.01. The minimum atomic E-state index is -0.117. The van der Waals surface area contributed by atoms with Gasteiger partial charge in [0.2, 0.25) is 17.6 Å². The van der Waals surface area contributed by atoms with Gasteiger partial charge in [-0.2, -0.15) is 9.97 Å². The van der Waals surface area contributed by atoms with E-state index in [1.54, 1.807) is 7.11 Å². The molecule has 0 aliphatic heterocycles. The van der Waals surface area contributed by atoms with Crippen LogP contribution in [-0.2, 0) is 11.2 Å². The van der Waals surface area contributed by atoms with Gasteiger partial charge in [0, 0.05) is 24.3 Å². The summed E-state index contributed by atoms with van der Waals surface area (Å²) in [5, 5.41) is 11.1. The number of carbonyl (C=O) groups excluding carboxylic acids is 1. The number of benzene rings is 2. The van der Waals surface area contributed by atoms with Gasteiger partial charge >= 0.3 is 0 Å². The molecule has 2 aromatic carbocycles. The highest BCUT2D eigenvalue weighted by molar-refractivity contribution is 5.95. The Kier molecular flexibility index (Phi) is 7.01. The van der Waals surface area contributed by atoms with Gasteiger partial charge in [-0.05, 0) is 49.2 Å². The lowest BCUT2D eigenvalue weighted by Crippen LogP contribution is -2.13. The number of hydrogen-bond acceptors (Lipinski definition) is 8. The van der Waals surface area contributed by atoms with E-state index in [9.17, 15) is 4.79 Å². The van der Waals surface area contributed by atoms with E-state index in [2.05, 4.69) is 25.6 Å². The van der Waals surface area contributed by atoms with Crippen LogP contribution in [0.15, 0.2) is 51.5 Å². The number of nitrogens with zero attached hydrogens (tertiary/aromatic N) is 4. The number of methoxy groups -OCH3 is 1. The number of hydrogen-bond donors (Lipinski definition) is 1. The second-order valence-corrected chi connectivity index (χ2v) is 8.25. The smallest absolute Gasteiger partial charge is 0.260 e. The maximum atomic E-state index is 12.7. The number of rotatable bonds is 9. The molecule has 0 aliphatic carbocycles. The lowest BCUT2D eigenvalue weighted by molar-refractivity contribution is -0.116. The number of nitrogens with one attached hydrogen (secondary N) is 1. The maximum Gasteiger partial charge on any atom is 0.260 e. The van der Waals surface area contributed by atoms with E-state index in [0.29, 0.717) is 53.9 Å². The number of para-hydroxylation sites is 1. The van der Waals surface area contributed by atoms with Gasteiger partial charge in [-0.25, -0.2) is 0 Å². The molecule has 4 rings (SSSR count). The predicted molar refractivity (Wildman–Crippen MR) is 126 cm³/mol. The van der Waals surface area contributed by atoms with Gasteiger partial charge in [0.1, 0.15) is 5.75 Å². The van der Waals surface area contributed by atoms with Gasteiger partial charge in [0.05, 0.1) is 18.4 Å². The highest BCUT2D eigenvalue weighted by atomic mass is 16.5. The number of ether oxygens (including phenoxy) is 1. The predicted octanol–water partition coefficient (Wildman–Crippen LogP) is 5.19. The van der Waals surface area contributed by atoms with Crippen molar-refractivity contribution in [1.29, 1.82) is 0 Å². The molecule has 0 aliphatic rings. The fourth-order valence-corrected chi connectivity index (χ4v) is 3.41. The van der Waals surface area contributed by atoms with E-state index in [1.807, 2.05) is 63.2 Å². The van der Waals surface area contributed by atoms with Gasteiger partial charge in [-0.15, -0.1) is 0 Å². The molecule has 0 saturated carbocycles. The average molecular weight is 462 g/mol. The van der Waals surface area contributed by atoms with Crippen molar-refractivity contribution in [3.63, 3.8) is 0 Å². The standard InChI is InChI=1S/C25H27N5O4/c1-15(2)23-28-25(34-29-23)19-8-5-7-16(3)22(19)26-20(31)9-6-10-21-27-24(30-33-21)17-11-13-18(32-4)14-12-17/h5,7-8,11-15H,6,9-10H2,1-4H3,(H,26,31). The van der Waals surface area contributed by atoms with Crippen molar-refractivity contribution in [3.05, 3.63) is 59.7 Å². The van der Waals surface area contributed by atoms with Crippen molar-refractivity contribution in [1.82, 2.24) is 20.3 Å². The summed E-state index contributed by atoms with van der Waals surface area (Å²) in [6.45, 7) is 5.92. The fraction of sp³-hybridized carbons (Fsp3) is 0.320. The highest BCUT2D eigenvalue weighted by Gasteiger charge is 2.18. The third-order valence-electron chi connectivity index (χ3n) is 5.34. The summed E-state index contributed by atoms with van der Waals surface area (Å²) in [5.74, 6) is 2.80. The van der Waals surface area contributed by atoms with Gasteiger partial charge in [0.25, 0.3) is 5.89 Å². The normalized spacial score (nSPS) is 11.1. The Morgan fingerprint density at radius 1 is 1.06 bits per heavy atom. The molecule has 1 amide bonds. The minimum Gasteiger partial charge on any atom is -0.497 e. The lowest BCUT2D eigenvalue weighted by Gasteiger charge is -2.11. The van der Waals surface area contributed by atoms with Crippen LogP contribution in [0.25, 0.3) is 22.8 Å². The molecular weight excluding hydrogens is 434 g/mol. The highest BCUT2D eigenvalue weighted by Crippen LogP contribution is 2.31. The van der Waals surface area contributed by atoms with Crippen molar-refractivity contribution in [2.75, 3.05) is 12.4 Å². The lowest BCUT2D eigenvalue weighted by atomic mass is 10.1. The van der Waals surface area contributed by atoms with Crippen LogP contribution < -0.4 is 10.1 Å². The summed E-state index contributed by atoms with van der Waals surface area (Å²) < 4.78 is 15.9. The third-order valence-corrected chi connectivity index (χ3v) is 5.34. The van der Waals surface area contributed by atoms with Crippen LogP contribution >= 0.6 is 0 Å². The molecule has 176 valence electrons. The zero-order valence-electron chi connectivity index (χ0n) is 19.7. The van der Waals surface area contributed by atoms with Crippen LogP contribution in [0.2, 0.25) is 0 Å². The monoisotopic (exact) mass is 461 g/mol. The summed E-state index contributed by atoms with van der Waals surface area (Å²) in [6.07, 6.45) is 1.36. The third kappa shape index (κ3) is 5.31. The largest absolute Gasteiger partial charge is 0.497 e. The van der Waals surface area contributed by atoms with E-state index in [0.717, 1.165) is 16.9 Å². The zero-order chi connectivity index (χ0) is 24.1. The molecule has 1 N–H and O–H groups in total. The molecule has 0 fully saturated rings. The number of amides is 1. The molecule has 2 aromatic heterocycles. The SMILES string of the molecule is COc1ccc(-c2noc(CCCC(=O)Nc3c(C)cccc3-c3nc(C(C)C)no3)n2)cc1. The van der Waals surface area contributed by atoms with Crippen LogP contribution in [0.1, 0.15) is 49.9 Å². The molecule has 34 heavy (non-hydrogen) atoms. The molecule has 0 bridgehead atoms. The quantitative estimate of drug-likeness (QED) is 0.362. The van der Waals surface area contributed by atoms with Gasteiger partial charge in [-0.3, -0.25) is 4.79 Å². The van der Waals surface area contributed by atoms with Gasteiger partial charge in [0.15, 0.2) is 5.82 Å². The number of carbonyl (C=O) groups is 1. The maximum absolute atomic E-state index is 12.7. The van der Waals surface area contributed by atoms with Crippen LogP contribution in [0.4, 0.5) is 5.69 Å². The Morgan fingerprint density at radius 2 is 1.85 bits per heavy atom. The van der Waals surface area contributed by atoms with Crippen molar-refractivity contribution >= 4 is 11.6 Å². The van der Waals surface area contributed by atoms with Crippen LogP contribution in [0, 0.1) is 6.92 Å². The molecule has 0 atom stereocenters. The van der Waals surface area contributed by atoms with Crippen molar-refractivity contribution in [2.24, 2.45) is 0 Å². The number of anilines is 1. The Morgan fingerprint density at radius 3 is 2.56 bits per heavy atom. The average Bonchev–Trinajstić information content (AvgIpc) is 3.51. The molecule has 0 saturated heterocycles. The molecule has 0 spiro atoms. The van der Waals surface area contributed by atoms with Gasteiger partial charge in [-0.1, -0.05) is 36.3 Å². The van der Waals surface area contributed by atoms with Crippen molar-refractivity contribution in [3.8, 4) is 28.6 Å². The molecule has 2 heterocycles. The van der Waals surface area contributed by atoms with E-state index < -0.39 is 0 Å². The number of aromatic nitrogens is 4. The van der Waals surface area contributed by atoms with Crippen molar-refractivity contribution < 1.29 is 18.6 Å². The van der Waals surface area contributed by atoms with E-state index in [4.69, 9.17) is 13.8 Å². The zero-order valence-corrected chi connectivity index (χ0v) is 19.7. The number of aryl methyl sites for hydroxylation is 2. The topological polar surface area (TPSA) is 116 Å². The Balaban J connectivity index is 1.36. The Bertz CT molecular complexity index is 1260. The van der Waals surface area contributed by atoms with Crippen molar-refractivity contribution in [2.45, 2.75) is 46.0 Å². The summed E-state index contributed by atoms with van der Waals surface area (Å²) in [5.41, 5.74) is 3.12. The minimum absolute atomic E-state index is 0.117.